The summed E-state index contributed by atoms with van der Waals surface area (Å²) in [5, 5.41) is 3.13. The van der Waals surface area contributed by atoms with Crippen molar-refractivity contribution >= 4 is 0 Å². The zero-order valence-electron chi connectivity index (χ0n) is 5.02. The highest BCUT2D eigenvalue weighted by atomic mass is 16.7. The van der Waals surface area contributed by atoms with Crippen LogP contribution in [0.5, 0.6) is 0 Å². The third-order valence-electron chi connectivity index (χ3n) is 1.44. The maximum Gasteiger partial charge on any atom is 0.191 e. The van der Waals surface area contributed by atoms with Gasteiger partial charge in [0.25, 0.3) is 0 Å². The van der Waals surface area contributed by atoms with Crippen LogP contribution >= 0.6 is 0 Å². The SMILES string of the molecule is [C]1=C2OCOC2NCC1. The minimum Gasteiger partial charge on any atom is -0.467 e. The van der Waals surface area contributed by atoms with E-state index in [2.05, 4.69) is 11.4 Å². The largest absolute Gasteiger partial charge is 0.467 e. The molecule has 0 aromatic heterocycles. The van der Waals surface area contributed by atoms with Crippen molar-refractivity contribution in [2.45, 2.75) is 12.6 Å². The average molecular weight is 126 g/mol. The molecule has 1 fully saturated rings. The summed E-state index contributed by atoms with van der Waals surface area (Å²) in [6.07, 6.45) is 4.01. The van der Waals surface area contributed by atoms with Crippen LogP contribution in [0.2, 0.25) is 0 Å². The van der Waals surface area contributed by atoms with Crippen molar-refractivity contribution < 1.29 is 9.47 Å². The molecular weight excluding hydrogens is 118 g/mol. The van der Waals surface area contributed by atoms with Gasteiger partial charge in [0, 0.05) is 12.6 Å². The number of hydrogen-bond donors (Lipinski definition) is 1. The average Bonchev–Trinajstić information content (AvgIpc) is 2.33. The van der Waals surface area contributed by atoms with Crippen molar-refractivity contribution in [2.75, 3.05) is 13.3 Å². The lowest BCUT2D eigenvalue weighted by molar-refractivity contribution is 0.0392. The first-order valence-corrected chi connectivity index (χ1v) is 3.05. The smallest absolute Gasteiger partial charge is 0.191 e. The van der Waals surface area contributed by atoms with Gasteiger partial charge in [-0.25, -0.2) is 0 Å². The highest BCUT2D eigenvalue weighted by Gasteiger charge is 2.24. The Morgan fingerprint density at radius 3 is 3.56 bits per heavy atom. The van der Waals surface area contributed by atoms with Crippen LogP contribution in [0.4, 0.5) is 0 Å². The maximum atomic E-state index is 5.12. The fourth-order valence-corrected chi connectivity index (χ4v) is 1.00. The number of hydrogen-bond acceptors (Lipinski definition) is 3. The molecule has 9 heavy (non-hydrogen) atoms. The van der Waals surface area contributed by atoms with Crippen LogP contribution in [0.3, 0.4) is 0 Å². The molecule has 0 spiro atoms. The standard InChI is InChI=1S/C6H8NO2/c1-2-5-6(7-3-1)9-4-8-5/h6-7H,1,3-4H2. The Hall–Kier alpha value is -0.540. The Kier molecular flexibility index (Phi) is 1.17. The van der Waals surface area contributed by atoms with E-state index in [0.717, 1.165) is 18.7 Å². The van der Waals surface area contributed by atoms with Crippen LogP contribution in [0.1, 0.15) is 6.42 Å². The van der Waals surface area contributed by atoms with Gasteiger partial charge < -0.3 is 9.47 Å². The van der Waals surface area contributed by atoms with E-state index in [1.807, 2.05) is 0 Å². The lowest BCUT2D eigenvalue weighted by Crippen LogP contribution is -2.33. The molecule has 49 valence electrons. The zero-order chi connectivity index (χ0) is 6.10. The van der Waals surface area contributed by atoms with Crippen LogP contribution in [-0.4, -0.2) is 19.6 Å². The first kappa shape index (κ1) is 5.26. The van der Waals surface area contributed by atoms with Gasteiger partial charge in [0.2, 0.25) is 0 Å². The van der Waals surface area contributed by atoms with Gasteiger partial charge in [0.05, 0.1) is 0 Å². The summed E-state index contributed by atoms with van der Waals surface area (Å²) in [5.74, 6) is 0.834. The highest BCUT2D eigenvalue weighted by molar-refractivity contribution is 5.00. The van der Waals surface area contributed by atoms with Crippen molar-refractivity contribution in [1.82, 2.24) is 5.32 Å². The summed E-state index contributed by atoms with van der Waals surface area (Å²) in [4.78, 5) is 0. The summed E-state index contributed by atoms with van der Waals surface area (Å²) in [6, 6.07) is 0. The summed E-state index contributed by atoms with van der Waals surface area (Å²) in [6.45, 7) is 1.32. The van der Waals surface area contributed by atoms with Crippen LogP contribution < -0.4 is 5.32 Å². The molecule has 1 radical (unpaired) electrons. The van der Waals surface area contributed by atoms with Gasteiger partial charge in [-0.1, -0.05) is 0 Å². The van der Waals surface area contributed by atoms with Crippen molar-refractivity contribution in [2.24, 2.45) is 0 Å². The first-order chi connectivity index (χ1) is 4.47. The molecule has 2 aliphatic heterocycles. The highest BCUT2D eigenvalue weighted by Crippen LogP contribution is 2.16. The first-order valence-electron chi connectivity index (χ1n) is 3.05. The minimum atomic E-state index is -0.00116. The Labute approximate surface area is 53.6 Å². The van der Waals surface area contributed by atoms with Gasteiger partial charge in [0.1, 0.15) is 5.76 Å². The summed E-state index contributed by atoms with van der Waals surface area (Å²) >= 11 is 0. The van der Waals surface area contributed by atoms with E-state index in [1.165, 1.54) is 0 Å². The van der Waals surface area contributed by atoms with Crippen molar-refractivity contribution in [1.29, 1.82) is 0 Å². The molecule has 1 saturated heterocycles. The lowest BCUT2D eigenvalue weighted by Gasteiger charge is -2.13. The van der Waals surface area contributed by atoms with Gasteiger partial charge in [-0.05, 0) is 6.42 Å². The Morgan fingerprint density at radius 1 is 1.67 bits per heavy atom. The molecule has 1 atom stereocenters. The van der Waals surface area contributed by atoms with Gasteiger partial charge >= 0.3 is 0 Å². The van der Waals surface area contributed by atoms with E-state index in [-0.39, 0.29) is 6.23 Å². The third kappa shape index (κ3) is 0.821. The lowest BCUT2D eigenvalue weighted by atomic mass is 10.2. The fourth-order valence-electron chi connectivity index (χ4n) is 1.00. The summed E-state index contributed by atoms with van der Waals surface area (Å²) in [7, 11) is 0. The molecular formula is C6H8NO2. The van der Waals surface area contributed by atoms with Crippen LogP contribution in [-0.2, 0) is 9.47 Å². The van der Waals surface area contributed by atoms with Crippen molar-refractivity contribution in [3.05, 3.63) is 11.8 Å². The molecule has 2 rings (SSSR count). The van der Waals surface area contributed by atoms with Crippen molar-refractivity contribution in [3.8, 4) is 0 Å². The van der Waals surface area contributed by atoms with Crippen LogP contribution in [0, 0.1) is 6.08 Å². The number of nitrogens with one attached hydrogen (secondary N) is 1. The topological polar surface area (TPSA) is 30.5 Å². The molecule has 0 aromatic rings. The van der Waals surface area contributed by atoms with E-state index >= 15 is 0 Å². The van der Waals surface area contributed by atoms with E-state index in [9.17, 15) is 0 Å². The molecule has 0 aromatic carbocycles. The normalized spacial score (nSPS) is 32.9. The fraction of sp³-hybridized carbons (Fsp3) is 0.667. The van der Waals surface area contributed by atoms with Gasteiger partial charge in [0.15, 0.2) is 13.0 Å². The van der Waals surface area contributed by atoms with Crippen LogP contribution in [0.15, 0.2) is 5.76 Å². The minimum absolute atomic E-state index is 0.00116. The van der Waals surface area contributed by atoms with Gasteiger partial charge in [-0.15, -0.1) is 0 Å². The second-order valence-corrected chi connectivity index (χ2v) is 2.05. The van der Waals surface area contributed by atoms with Gasteiger partial charge in [-0.2, -0.15) is 0 Å². The number of fused-ring (bicyclic) bond motifs is 1. The molecule has 0 aliphatic carbocycles. The monoisotopic (exact) mass is 126 g/mol. The Balaban J connectivity index is 2.16. The Bertz CT molecular complexity index is 144. The van der Waals surface area contributed by atoms with Gasteiger partial charge in [-0.3, -0.25) is 5.32 Å². The van der Waals surface area contributed by atoms with E-state index in [4.69, 9.17) is 9.47 Å². The van der Waals surface area contributed by atoms with Crippen molar-refractivity contribution in [3.63, 3.8) is 0 Å². The maximum absolute atomic E-state index is 5.12. The molecule has 0 amide bonds. The molecule has 0 bridgehead atoms. The van der Waals surface area contributed by atoms with E-state index in [1.54, 1.807) is 0 Å². The quantitative estimate of drug-likeness (QED) is 0.495. The molecule has 2 aliphatic rings. The predicted octanol–water partition coefficient (Wildman–Crippen LogP) is -0.00281. The van der Waals surface area contributed by atoms with Crippen LogP contribution in [0.25, 0.3) is 0 Å². The second-order valence-electron chi connectivity index (χ2n) is 2.05. The Morgan fingerprint density at radius 2 is 2.67 bits per heavy atom. The number of rotatable bonds is 0. The molecule has 3 nitrogen and oxygen atoms in total. The summed E-state index contributed by atoms with van der Waals surface area (Å²) in [5.41, 5.74) is 0. The molecule has 1 N–H and O–H groups in total. The zero-order valence-corrected chi connectivity index (χ0v) is 5.02. The molecule has 1 unspecified atom stereocenters. The third-order valence-corrected chi connectivity index (χ3v) is 1.44. The van der Waals surface area contributed by atoms with E-state index < -0.39 is 0 Å². The predicted molar refractivity (Wildman–Crippen MR) is 30.2 cm³/mol. The second kappa shape index (κ2) is 2.01. The number of ether oxygens (including phenoxy) is 2. The van der Waals surface area contributed by atoms with E-state index in [0.29, 0.717) is 6.79 Å². The summed E-state index contributed by atoms with van der Waals surface area (Å²) < 4.78 is 10.2. The molecule has 3 heteroatoms. The molecule has 2 heterocycles. The molecule has 0 saturated carbocycles.